The molecule has 8 heteroatoms. The van der Waals surface area contributed by atoms with E-state index in [0.717, 1.165) is 12.1 Å². The molecule has 2 fully saturated rings. The summed E-state index contributed by atoms with van der Waals surface area (Å²) >= 11 is 0. The summed E-state index contributed by atoms with van der Waals surface area (Å²) in [5.74, 6) is -2.75. The molecule has 0 saturated carbocycles. The highest BCUT2D eigenvalue weighted by Crippen LogP contribution is 2.31. The van der Waals surface area contributed by atoms with E-state index >= 15 is 0 Å². The van der Waals surface area contributed by atoms with Crippen LogP contribution in [-0.4, -0.2) is 42.9 Å². The van der Waals surface area contributed by atoms with Crippen LogP contribution in [0.2, 0.25) is 0 Å². The van der Waals surface area contributed by atoms with Crippen LogP contribution in [0.4, 0.5) is 14.5 Å². The van der Waals surface area contributed by atoms with Gasteiger partial charge in [-0.2, -0.15) is 0 Å². The van der Waals surface area contributed by atoms with E-state index in [2.05, 4.69) is 10.7 Å². The van der Waals surface area contributed by atoms with Crippen molar-refractivity contribution in [2.24, 2.45) is 11.8 Å². The third-order valence-electron chi connectivity index (χ3n) is 5.55. The van der Waals surface area contributed by atoms with Gasteiger partial charge in [0.1, 0.15) is 11.6 Å². The van der Waals surface area contributed by atoms with Gasteiger partial charge in [-0.05, 0) is 31.3 Å². The fourth-order valence-corrected chi connectivity index (χ4v) is 4.08. The predicted molar refractivity (Wildman–Crippen MR) is 104 cm³/mol. The smallest absolute Gasteiger partial charge is 0.247 e. The van der Waals surface area contributed by atoms with Crippen molar-refractivity contribution in [3.05, 3.63) is 65.7 Å². The largest absolute Gasteiger partial charge is 0.351 e. The van der Waals surface area contributed by atoms with Crippen LogP contribution in [0.25, 0.3) is 0 Å². The molecule has 6 nitrogen and oxygen atoms in total. The van der Waals surface area contributed by atoms with Crippen molar-refractivity contribution in [2.45, 2.75) is 12.6 Å². The van der Waals surface area contributed by atoms with E-state index in [1.807, 2.05) is 42.3 Å². The number of carbonyl (C=O) groups excluding carboxylic acids is 2. The van der Waals surface area contributed by atoms with Crippen LogP contribution in [0, 0.1) is 23.5 Å². The van der Waals surface area contributed by atoms with Crippen molar-refractivity contribution >= 4 is 17.5 Å². The van der Waals surface area contributed by atoms with Gasteiger partial charge in [-0.15, -0.1) is 0 Å². The number of halogens is 2. The highest BCUT2D eigenvalue weighted by atomic mass is 19.1. The number of para-hydroxylation sites is 1. The SMILES string of the molecule is CN1CC(C(=O)NCc2c(F)cccc2F)C2NN(c3ccccc3)C(=O)C2C1. The number of rotatable bonds is 4. The van der Waals surface area contributed by atoms with Gasteiger partial charge in [-0.1, -0.05) is 24.3 Å². The van der Waals surface area contributed by atoms with Crippen LogP contribution in [-0.2, 0) is 16.1 Å². The first-order valence-corrected chi connectivity index (χ1v) is 9.50. The molecule has 0 spiro atoms. The summed E-state index contributed by atoms with van der Waals surface area (Å²) in [4.78, 5) is 27.7. The first-order valence-electron chi connectivity index (χ1n) is 9.50. The molecule has 2 aliphatic rings. The first-order chi connectivity index (χ1) is 14.0. The molecule has 0 aromatic heterocycles. The number of fused-ring (bicyclic) bond motifs is 1. The Kier molecular flexibility index (Phi) is 5.29. The first kappa shape index (κ1) is 19.5. The third kappa shape index (κ3) is 3.73. The number of amides is 2. The number of benzene rings is 2. The molecule has 3 atom stereocenters. The highest BCUT2D eigenvalue weighted by molar-refractivity contribution is 5.98. The average Bonchev–Trinajstić information content (AvgIpc) is 3.04. The number of nitrogens with one attached hydrogen (secondary N) is 2. The maximum Gasteiger partial charge on any atom is 0.247 e. The summed E-state index contributed by atoms with van der Waals surface area (Å²) in [6.07, 6.45) is 0. The molecule has 2 saturated heterocycles. The van der Waals surface area contributed by atoms with Crippen LogP contribution in [0.3, 0.4) is 0 Å². The van der Waals surface area contributed by atoms with Gasteiger partial charge in [-0.3, -0.25) is 9.59 Å². The number of piperidine rings is 1. The lowest BCUT2D eigenvalue weighted by Crippen LogP contribution is -2.56. The molecule has 2 aliphatic heterocycles. The molecule has 0 aliphatic carbocycles. The van der Waals surface area contributed by atoms with Gasteiger partial charge in [0.15, 0.2) is 0 Å². The maximum atomic E-state index is 13.8. The molecular weight excluding hydrogens is 378 g/mol. The molecular formula is C21H22F2N4O2. The summed E-state index contributed by atoms with van der Waals surface area (Å²) in [5.41, 5.74) is 3.71. The fraction of sp³-hybridized carbons (Fsp3) is 0.333. The normalized spacial score (nSPS) is 24.4. The monoisotopic (exact) mass is 400 g/mol. The molecule has 2 aromatic carbocycles. The van der Waals surface area contributed by atoms with Crippen molar-refractivity contribution in [1.29, 1.82) is 0 Å². The van der Waals surface area contributed by atoms with Crippen molar-refractivity contribution in [3.8, 4) is 0 Å². The Morgan fingerprint density at radius 1 is 1.10 bits per heavy atom. The Labute approximate surface area is 167 Å². The predicted octanol–water partition coefficient (Wildman–Crippen LogP) is 1.68. The summed E-state index contributed by atoms with van der Waals surface area (Å²) in [5, 5.41) is 4.13. The number of carbonyl (C=O) groups is 2. The second kappa shape index (κ2) is 7.88. The van der Waals surface area contributed by atoms with Crippen LogP contribution in [0.5, 0.6) is 0 Å². The second-order valence-electron chi connectivity index (χ2n) is 7.52. The van der Waals surface area contributed by atoms with Gasteiger partial charge in [0, 0.05) is 25.2 Å². The zero-order valence-corrected chi connectivity index (χ0v) is 15.9. The maximum absolute atomic E-state index is 13.8. The molecule has 4 rings (SSSR count). The summed E-state index contributed by atoms with van der Waals surface area (Å²) in [6.45, 7) is 0.729. The Balaban J connectivity index is 1.51. The zero-order chi connectivity index (χ0) is 20.5. The molecule has 0 bridgehead atoms. The van der Waals surface area contributed by atoms with Gasteiger partial charge >= 0.3 is 0 Å². The van der Waals surface area contributed by atoms with Gasteiger partial charge < -0.3 is 10.2 Å². The summed E-state index contributed by atoms with van der Waals surface area (Å²) in [7, 11) is 1.85. The fourth-order valence-electron chi connectivity index (χ4n) is 4.08. The number of hydrogen-bond donors (Lipinski definition) is 2. The van der Waals surface area contributed by atoms with E-state index in [1.165, 1.54) is 11.1 Å². The van der Waals surface area contributed by atoms with Gasteiger partial charge in [0.2, 0.25) is 11.8 Å². The van der Waals surface area contributed by atoms with Crippen molar-refractivity contribution in [1.82, 2.24) is 15.6 Å². The van der Waals surface area contributed by atoms with E-state index in [1.54, 1.807) is 0 Å². The molecule has 3 unspecified atom stereocenters. The Morgan fingerprint density at radius 3 is 2.48 bits per heavy atom. The highest BCUT2D eigenvalue weighted by Gasteiger charge is 2.50. The number of likely N-dealkylation sites (tertiary alicyclic amines) is 1. The van der Waals surface area contributed by atoms with Crippen molar-refractivity contribution in [2.75, 3.05) is 25.1 Å². The van der Waals surface area contributed by atoms with Crippen molar-refractivity contribution in [3.63, 3.8) is 0 Å². The molecule has 152 valence electrons. The summed E-state index contributed by atoms with van der Waals surface area (Å²) < 4.78 is 27.7. The minimum Gasteiger partial charge on any atom is -0.351 e. The number of anilines is 1. The molecule has 2 aromatic rings. The Morgan fingerprint density at radius 2 is 1.79 bits per heavy atom. The summed E-state index contributed by atoms with van der Waals surface area (Å²) in [6, 6.07) is 12.4. The van der Waals surface area contributed by atoms with E-state index < -0.39 is 17.6 Å². The molecule has 29 heavy (non-hydrogen) atoms. The molecule has 2 amide bonds. The Hall–Kier alpha value is -2.84. The lowest BCUT2D eigenvalue weighted by Gasteiger charge is -2.36. The van der Waals surface area contributed by atoms with E-state index in [-0.39, 0.29) is 35.9 Å². The van der Waals surface area contributed by atoms with E-state index in [0.29, 0.717) is 18.8 Å². The number of nitrogens with zero attached hydrogens (tertiary/aromatic N) is 2. The number of hydrazine groups is 1. The van der Waals surface area contributed by atoms with Gasteiger partial charge in [0.05, 0.1) is 23.6 Å². The molecule has 0 radical (unpaired) electrons. The van der Waals surface area contributed by atoms with Gasteiger partial charge in [-0.25, -0.2) is 19.2 Å². The number of hydrogen-bond acceptors (Lipinski definition) is 4. The molecule has 2 N–H and O–H groups in total. The van der Waals surface area contributed by atoms with Crippen LogP contribution < -0.4 is 15.8 Å². The van der Waals surface area contributed by atoms with Crippen molar-refractivity contribution < 1.29 is 18.4 Å². The van der Waals surface area contributed by atoms with E-state index in [4.69, 9.17) is 0 Å². The average molecular weight is 400 g/mol. The zero-order valence-electron chi connectivity index (χ0n) is 15.9. The van der Waals surface area contributed by atoms with Crippen LogP contribution in [0.1, 0.15) is 5.56 Å². The lowest BCUT2D eigenvalue weighted by atomic mass is 9.84. The molecule has 2 heterocycles. The lowest BCUT2D eigenvalue weighted by molar-refractivity contribution is -0.129. The second-order valence-corrected chi connectivity index (χ2v) is 7.52. The Bertz CT molecular complexity index is 904. The van der Waals surface area contributed by atoms with Crippen LogP contribution in [0.15, 0.2) is 48.5 Å². The quantitative estimate of drug-likeness (QED) is 0.820. The topological polar surface area (TPSA) is 64.7 Å². The standard InChI is InChI=1S/C21H22F2N4O2/c1-26-11-15(20(28)24-10-14-17(22)8-5-9-18(14)23)19-16(12-26)21(29)27(25-19)13-6-3-2-4-7-13/h2-9,15-16,19,25H,10-12H2,1H3,(H,24,28). The van der Waals surface area contributed by atoms with Gasteiger partial charge in [0.25, 0.3) is 0 Å². The van der Waals surface area contributed by atoms with Crippen LogP contribution >= 0.6 is 0 Å². The minimum atomic E-state index is -0.701. The third-order valence-corrected chi connectivity index (χ3v) is 5.55. The minimum absolute atomic E-state index is 0.0919. The van der Waals surface area contributed by atoms with E-state index in [9.17, 15) is 18.4 Å².